The van der Waals surface area contributed by atoms with Gasteiger partial charge in [0.05, 0.1) is 5.56 Å². The van der Waals surface area contributed by atoms with Crippen molar-refractivity contribution in [1.29, 1.82) is 0 Å². The molecule has 1 aliphatic rings. The van der Waals surface area contributed by atoms with Gasteiger partial charge in [0, 0.05) is 18.7 Å². The Morgan fingerprint density at radius 3 is 2.37 bits per heavy atom. The first-order valence-electron chi connectivity index (χ1n) is 7.05. The predicted octanol–water partition coefficient (Wildman–Crippen LogP) is 2.28. The fraction of sp³-hybridized carbons (Fsp3) is 0.667. The summed E-state index contributed by atoms with van der Waals surface area (Å²) in [7, 11) is 1.98. The molecular weight excluding hydrogens is 240 g/mol. The van der Waals surface area contributed by atoms with Crippen LogP contribution in [0.15, 0.2) is 4.42 Å². The molecule has 1 aromatic rings. The minimum atomic E-state index is 0.134. The number of furan rings is 1. The van der Waals surface area contributed by atoms with E-state index in [1.54, 1.807) is 0 Å². The summed E-state index contributed by atoms with van der Waals surface area (Å²) in [6, 6.07) is 0. The van der Waals surface area contributed by atoms with Gasteiger partial charge in [-0.3, -0.25) is 4.79 Å². The largest absolute Gasteiger partial charge is 0.466 e. The Morgan fingerprint density at radius 2 is 1.89 bits per heavy atom. The number of hydrogen-bond acceptors (Lipinski definition) is 3. The lowest BCUT2D eigenvalue weighted by Crippen LogP contribution is -2.40. The molecule has 1 fully saturated rings. The van der Waals surface area contributed by atoms with Crippen molar-refractivity contribution in [2.75, 3.05) is 26.7 Å². The lowest BCUT2D eigenvalue weighted by Gasteiger charge is -2.32. The van der Waals surface area contributed by atoms with Gasteiger partial charge in [-0.15, -0.1) is 0 Å². The quantitative estimate of drug-likeness (QED) is 0.911. The number of aryl methyl sites for hydroxylation is 2. The van der Waals surface area contributed by atoms with Crippen molar-refractivity contribution in [3.8, 4) is 0 Å². The van der Waals surface area contributed by atoms with E-state index in [9.17, 15) is 4.79 Å². The van der Waals surface area contributed by atoms with Crippen LogP contribution >= 0.6 is 0 Å². The number of hydrogen-bond donors (Lipinski definition) is 1. The third-order valence-electron chi connectivity index (χ3n) is 4.17. The van der Waals surface area contributed by atoms with Gasteiger partial charge in [0.15, 0.2) is 0 Å². The fourth-order valence-electron chi connectivity index (χ4n) is 2.90. The molecule has 0 aromatic carbocycles. The Labute approximate surface area is 115 Å². The molecular formula is C15H24N2O2. The SMILES string of the molecule is CNCC1CCN(C(=O)c2c(C)oc(C)c2C)CC1. The van der Waals surface area contributed by atoms with Crippen molar-refractivity contribution in [1.82, 2.24) is 10.2 Å². The van der Waals surface area contributed by atoms with Crippen LogP contribution in [0.25, 0.3) is 0 Å². The van der Waals surface area contributed by atoms with Crippen molar-refractivity contribution in [3.63, 3.8) is 0 Å². The van der Waals surface area contributed by atoms with E-state index in [1.165, 1.54) is 0 Å². The smallest absolute Gasteiger partial charge is 0.257 e. The highest BCUT2D eigenvalue weighted by Crippen LogP contribution is 2.25. The molecule has 1 aromatic heterocycles. The van der Waals surface area contributed by atoms with E-state index < -0.39 is 0 Å². The van der Waals surface area contributed by atoms with E-state index in [-0.39, 0.29) is 5.91 Å². The second-order valence-electron chi connectivity index (χ2n) is 5.51. The van der Waals surface area contributed by atoms with Crippen LogP contribution in [0, 0.1) is 26.7 Å². The molecule has 4 heteroatoms. The van der Waals surface area contributed by atoms with Gasteiger partial charge in [-0.1, -0.05) is 0 Å². The molecule has 0 aliphatic carbocycles. The monoisotopic (exact) mass is 264 g/mol. The zero-order valence-corrected chi connectivity index (χ0v) is 12.4. The molecule has 106 valence electrons. The van der Waals surface area contributed by atoms with Crippen molar-refractivity contribution >= 4 is 5.91 Å². The van der Waals surface area contributed by atoms with Gasteiger partial charge in [0.25, 0.3) is 5.91 Å². The van der Waals surface area contributed by atoms with Crippen molar-refractivity contribution < 1.29 is 9.21 Å². The summed E-state index contributed by atoms with van der Waals surface area (Å²) in [5.74, 6) is 2.43. The van der Waals surface area contributed by atoms with Crippen molar-refractivity contribution in [3.05, 3.63) is 22.6 Å². The zero-order chi connectivity index (χ0) is 14.0. The summed E-state index contributed by atoms with van der Waals surface area (Å²) in [6.07, 6.45) is 2.17. The first kappa shape index (κ1) is 14.1. The molecule has 0 radical (unpaired) electrons. The lowest BCUT2D eigenvalue weighted by atomic mass is 9.96. The average molecular weight is 264 g/mol. The number of carbonyl (C=O) groups is 1. The number of piperidine rings is 1. The second-order valence-corrected chi connectivity index (χ2v) is 5.51. The molecule has 1 N–H and O–H groups in total. The van der Waals surface area contributed by atoms with Gasteiger partial charge >= 0.3 is 0 Å². The highest BCUT2D eigenvalue weighted by molar-refractivity contribution is 5.96. The maximum absolute atomic E-state index is 12.6. The maximum Gasteiger partial charge on any atom is 0.257 e. The van der Waals surface area contributed by atoms with E-state index in [1.807, 2.05) is 32.7 Å². The Morgan fingerprint density at radius 1 is 1.26 bits per heavy atom. The number of rotatable bonds is 3. The fourth-order valence-corrected chi connectivity index (χ4v) is 2.90. The summed E-state index contributed by atoms with van der Waals surface area (Å²) in [4.78, 5) is 14.5. The van der Waals surface area contributed by atoms with E-state index >= 15 is 0 Å². The molecule has 19 heavy (non-hydrogen) atoms. The van der Waals surface area contributed by atoms with Crippen LogP contribution in [-0.2, 0) is 0 Å². The Balaban J connectivity index is 2.05. The highest BCUT2D eigenvalue weighted by Gasteiger charge is 2.27. The van der Waals surface area contributed by atoms with Crippen LogP contribution in [0.2, 0.25) is 0 Å². The topological polar surface area (TPSA) is 45.5 Å². The molecule has 0 bridgehead atoms. The molecule has 1 saturated heterocycles. The van der Waals surface area contributed by atoms with Crippen LogP contribution in [0.1, 0.15) is 40.3 Å². The standard InChI is InChI=1S/C15H24N2O2/c1-10-11(2)19-12(3)14(10)15(18)17-7-5-13(6-8-17)9-16-4/h13,16H,5-9H2,1-4H3. The Bertz CT molecular complexity index is 457. The van der Waals surface area contributed by atoms with Gasteiger partial charge in [-0.25, -0.2) is 0 Å². The summed E-state index contributed by atoms with van der Waals surface area (Å²) in [5, 5.41) is 3.22. The van der Waals surface area contributed by atoms with E-state index in [4.69, 9.17) is 4.42 Å². The summed E-state index contributed by atoms with van der Waals surface area (Å²) in [6.45, 7) is 8.51. The average Bonchev–Trinajstić information content (AvgIpc) is 2.64. The highest BCUT2D eigenvalue weighted by atomic mass is 16.3. The van der Waals surface area contributed by atoms with Crippen molar-refractivity contribution in [2.45, 2.75) is 33.6 Å². The van der Waals surface area contributed by atoms with Crippen molar-refractivity contribution in [2.24, 2.45) is 5.92 Å². The third kappa shape index (κ3) is 2.84. The number of nitrogens with one attached hydrogen (secondary N) is 1. The van der Waals surface area contributed by atoms with Gasteiger partial charge < -0.3 is 14.6 Å². The van der Waals surface area contributed by atoms with Crippen LogP contribution in [0.5, 0.6) is 0 Å². The van der Waals surface area contributed by atoms with Crippen LogP contribution < -0.4 is 5.32 Å². The third-order valence-corrected chi connectivity index (χ3v) is 4.17. The number of nitrogens with zero attached hydrogens (tertiary/aromatic N) is 1. The van der Waals surface area contributed by atoms with Crippen LogP contribution in [0.4, 0.5) is 0 Å². The molecule has 4 nitrogen and oxygen atoms in total. The van der Waals surface area contributed by atoms with Crippen LogP contribution in [-0.4, -0.2) is 37.5 Å². The van der Waals surface area contributed by atoms with E-state index in [0.29, 0.717) is 5.92 Å². The number of amides is 1. The first-order chi connectivity index (χ1) is 9.04. The normalized spacial score (nSPS) is 16.9. The predicted molar refractivity (Wildman–Crippen MR) is 75.5 cm³/mol. The molecule has 1 amide bonds. The van der Waals surface area contributed by atoms with Gasteiger partial charge in [0.2, 0.25) is 0 Å². The maximum atomic E-state index is 12.6. The minimum Gasteiger partial charge on any atom is -0.466 e. The van der Waals surface area contributed by atoms with E-state index in [0.717, 1.165) is 55.1 Å². The molecule has 0 atom stereocenters. The summed E-state index contributed by atoms with van der Waals surface area (Å²) < 4.78 is 5.56. The molecule has 2 rings (SSSR count). The second kappa shape index (κ2) is 5.78. The van der Waals surface area contributed by atoms with E-state index in [2.05, 4.69) is 5.32 Å². The lowest BCUT2D eigenvalue weighted by molar-refractivity contribution is 0.0688. The molecule has 0 unspecified atom stereocenters. The number of carbonyl (C=O) groups excluding carboxylic acids is 1. The molecule has 1 aliphatic heterocycles. The number of likely N-dealkylation sites (tertiary alicyclic amines) is 1. The Hall–Kier alpha value is -1.29. The molecule has 0 spiro atoms. The van der Waals surface area contributed by atoms with Gasteiger partial charge in [-0.05, 0) is 53.1 Å². The minimum absolute atomic E-state index is 0.134. The zero-order valence-electron chi connectivity index (χ0n) is 12.4. The van der Waals surface area contributed by atoms with Gasteiger partial charge in [-0.2, -0.15) is 0 Å². The van der Waals surface area contributed by atoms with Crippen LogP contribution in [0.3, 0.4) is 0 Å². The summed E-state index contributed by atoms with van der Waals surface area (Å²) in [5.41, 5.74) is 1.75. The summed E-state index contributed by atoms with van der Waals surface area (Å²) >= 11 is 0. The first-order valence-corrected chi connectivity index (χ1v) is 7.05. The molecule has 2 heterocycles. The Kier molecular flexibility index (Phi) is 4.30. The van der Waals surface area contributed by atoms with Gasteiger partial charge in [0.1, 0.15) is 11.5 Å². The molecule has 0 saturated carbocycles.